The first kappa shape index (κ1) is 17.6. The van der Waals surface area contributed by atoms with Gasteiger partial charge < -0.3 is 25.5 Å². The topological polar surface area (TPSA) is 135 Å². The van der Waals surface area contributed by atoms with Crippen molar-refractivity contribution in [3.63, 3.8) is 0 Å². The van der Waals surface area contributed by atoms with Crippen molar-refractivity contribution in [2.75, 3.05) is 0 Å². The number of rotatable bonds is 5. The van der Waals surface area contributed by atoms with Gasteiger partial charge in [0.2, 0.25) is 0 Å². The fourth-order valence-corrected chi connectivity index (χ4v) is 1.94. The number of allylic oxidation sites excluding steroid dienone is 1. The number of carboxylic acid groups (broad SMARTS) is 1. The van der Waals surface area contributed by atoms with E-state index in [0.717, 1.165) is 18.2 Å². The van der Waals surface area contributed by atoms with E-state index in [1.165, 1.54) is 36.4 Å². The molecule has 128 valence electrons. The minimum atomic E-state index is -1.46. The molecule has 0 fully saturated rings. The second-order valence-electron chi connectivity index (χ2n) is 5.06. The van der Waals surface area contributed by atoms with Crippen LogP contribution in [0.15, 0.2) is 48.0 Å². The molecule has 2 aromatic carbocycles. The monoisotopic (exact) mass is 342 g/mol. The quantitative estimate of drug-likeness (QED) is 0.243. The number of aliphatic carboxylic acids is 1. The lowest BCUT2D eigenvalue weighted by Crippen LogP contribution is -2.09. The van der Waals surface area contributed by atoms with Crippen molar-refractivity contribution in [2.45, 2.75) is 0 Å². The molecule has 0 amide bonds. The molecule has 0 aliphatic rings. The Hall–Kier alpha value is -3.74. The van der Waals surface area contributed by atoms with E-state index in [2.05, 4.69) is 0 Å². The van der Waals surface area contributed by atoms with Gasteiger partial charge in [0, 0.05) is 0 Å². The molecule has 0 saturated carbocycles. The molecule has 0 aromatic heterocycles. The first-order valence-electron chi connectivity index (χ1n) is 6.99. The van der Waals surface area contributed by atoms with Crippen LogP contribution in [0.5, 0.6) is 23.0 Å². The van der Waals surface area contributed by atoms with Crippen LogP contribution in [-0.2, 0) is 9.59 Å². The highest BCUT2D eigenvalue weighted by Crippen LogP contribution is 2.27. The third-order valence-electron chi connectivity index (χ3n) is 3.23. The molecule has 7 nitrogen and oxygen atoms in total. The van der Waals surface area contributed by atoms with Gasteiger partial charge in [0.1, 0.15) is 5.57 Å². The summed E-state index contributed by atoms with van der Waals surface area (Å²) >= 11 is 0. The van der Waals surface area contributed by atoms with Gasteiger partial charge in [0.05, 0.1) is 0 Å². The number of carboxylic acids is 1. The predicted octanol–water partition coefficient (Wildman–Crippen LogP) is 2.26. The lowest BCUT2D eigenvalue weighted by Gasteiger charge is -2.02. The molecular weight excluding hydrogens is 328 g/mol. The average Bonchev–Trinajstić information content (AvgIpc) is 2.56. The van der Waals surface area contributed by atoms with Gasteiger partial charge in [-0.15, -0.1) is 0 Å². The Balaban J connectivity index is 2.29. The zero-order valence-corrected chi connectivity index (χ0v) is 12.7. The summed E-state index contributed by atoms with van der Waals surface area (Å²) in [5.74, 6) is -3.78. The molecule has 0 aliphatic carbocycles. The number of phenols is 4. The van der Waals surface area contributed by atoms with Gasteiger partial charge in [-0.1, -0.05) is 18.2 Å². The lowest BCUT2D eigenvalue weighted by atomic mass is 10.1. The summed E-state index contributed by atoms with van der Waals surface area (Å²) in [6, 6.07) is 7.50. The van der Waals surface area contributed by atoms with E-state index in [1.807, 2.05) is 0 Å². The van der Waals surface area contributed by atoms with Crippen LogP contribution in [0.2, 0.25) is 0 Å². The number of benzene rings is 2. The number of aromatic hydroxyl groups is 4. The number of carbonyl (C=O) groups is 2. The van der Waals surface area contributed by atoms with Crippen LogP contribution in [0.3, 0.4) is 0 Å². The highest BCUT2D eigenvalue weighted by molar-refractivity contribution is 6.25. The molecular formula is C18H14O7. The van der Waals surface area contributed by atoms with E-state index >= 15 is 0 Å². The summed E-state index contributed by atoms with van der Waals surface area (Å²) in [5.41, 5.74) is 0.0525. The first-order chi connectivity index (χ1) is 11.8. The van der Waals surface area contributed by atoms with Crippen LogP contribution in [0, 0.1) is 0 Å². The van der Waals surface area contributed by atoms with E-state index in [9.17, 15) is 35.1 Å². The summed E-state index contributed by atoms with van der Waals surface area (Å²) < 4.78 is 0. The molecule has 0 aliphatic heterocycles. The molecule has 0 spiro atoms. The first-order valence-corrected chi connectivity index (χ1v) is 6.99. The molecule has 0 atom stereocenters. The minimum absolute atomic E-state index is 0.219. The SMILES string of the molecule is O=C(O)C(=Cc1ccc(O)c(O)c1)C(=O)C=Cc1ccc(O)c(O)c1. The summed E-state index contributed by atoms with van der Waals surface area (Å²) in [4.78, 5) is 23.4. The maximum Gasteiger partial charge on any atom is 0.339 e. The maximum atomic E-state index is 12.1. The standard InChI is InChI=1S/C18H14O7/c19-13(4-1-10-2-5-14(20)16(22)8-10)12(18(24)25)7-11-3-6-15(21)17(23)9-11/h1-9,20-23H,(H,24,25). The van der Waals surface area contributed by atoms with E-state index in [1.54, 1.807) is 0 Å². The Morgan fingerprint density at radius 2 is 1.28 bits per heavy atom. The Labute approximate surface area is 142 Å². The highest BCUT2D eigenvalue weighted by atomic mass is 16.4. The van der Waals surface area contributed by atoms with Gasteiger partial charge >= 0.3 is 5.97 Å². The molecule has 0 heterocycles. The molecule has 2 rings (SSSR count). The van der Waals surface area contributed by atoms with Crippen LogP contribution in [-0.4, -0.2) is 37.3 Å². The zero-order chi connectivity index (χ0) is 18.6. The van der Waals surface area contributed by atoms with Crippen molar-refractivity contribution in [1.82, 2.24) is 0 Å². The Kier molecular flexibility index (Phi) is 5.09. The molecule has 0 unspecified atom stereocenters. The lowest BCUT2D eigenvalue weighted by molar-refractivity contribution is -0.133. The van der Waals surface area contributed by atoms with Gasteiger partial charge in [-0.3, -0.25) is 4.79 Å². The summed E-state index contributed by atoms with van der Waals surface area (Å²) in [6.45, 7) is 0. The molecule has 2 aromatic rings. The fourth-order valence-electron chi connectivity index (χ4n) is 1.94. The van der Waals surface area contributed by atoms with Crippen molar-refractivity contribution in [3.05, 3.63) is 59.2 Å². The molecule has 0 bridgehead atoms. The largest absolute Gasteiger partial charge is 0.504 e. The van der Waals surface area contributed by atoms with Crippen molar-refractivity contribution in [2.24, 2.45) is 0 Å². The zero-order valence-electron chi connectivity index (χ0n) is 12.7. The average molecular weight is 342 g/mol. The number of carbonyl (C=O) groups excluding carboxylic acids is 1. The smallest absolute Gasteiger partial charge is 0.339 e. The number of phenolic OH excluding ortho intramolecular Hbond substituents is 4. The summed E-state index contributed by atoms with van der Waals surface area (Å²) in [5, 5.41) is 46.5. The molecule has 7 heteroatoms. The Bertz CT molecular complexity index is 894. The Morgan fingerprint density at radius 3 is 1.80 bits per heavy atom. The van der Waals surface area contributed by atoms with E-state index in [-0.39, 0.29) is 22.8 Å². The van der Waals surface area contributed by atoms with Crippen LogP contribution in [0.1, 0.15) is 11.1 Å². The molecule has 5 N–H and O–H groups in total. The Morgan fingerprint density at radius 1 is 0.760 bits per heavy atom. The van der Waals surface area contributed by atoms with Crippen LogP contribution in [0.4, 0.5) is 0 Å². The third-order valence-corrected chi connectivity index (χ3v) is 3.23. The van der Waals surface area contributed by atoms with Gasteiger partial charge in [-0.05, 0) is 47.5 Å². The number of ketones is 1. The summed E-state index contributed by atoms with van der Waals surface area (Å²) in [7, 11) is 0. The van der Waals surface area contributed by atoms with Crippen molar-refractivity contribution in [3.8, 4) is 23.0 Å². The summed E-state index contributed by atoms with van der Waals surface area (Å²) in [6.07, 6.45) is 3.35. The third kappa shape index (κ3) is 4.38. The van der Waals surface area contributed by atoms with Crippen molar-refractivity contribution >= 4 is 23.9 Å². The number of hydrogen-bond donors (Lipinski definition) is 5. The van der Waals surface area contributed by atoms with E-state index in [0.29, 0.717) is 5.56 Å². The van der Waals surface area contributed by atoms with Gasteiger partial charge in [0.25, 0.3) is 0 Å². The molecule has 0 saturated heterocycles. The van der Waals surface area contributed by atoms with Gasteiger partial charge in [-0.25, -0.2) is 4.79 Å². The van der Waals surface area contributed by atoms with E-state index in [4.69, 9.17) is 0 Å². The fraction of sp³-hybridized carbons (Fsp3) is 0. The second-order valence-corrected chi connectivity index (χ2v) is 5.06. The van der Waals surface area contributed by atoms with Gasteiger partial charge in [0.15, 0.2) is 28.8 Å². The number of hydrogen-bond acceptors (Lipinski definition) is 6. The van der Waals surface area contributed by atoms with Crippen LogP contribution in [0.25, 0.3) is 12.2 Å². The van der Waals surface area contributed by atoms with Crippen LogP contribution >= 0.6 is 0 Å². The predicted molar refractivity (Wildman–Crippen MR) is 89.2 cm³/mol. The minimum Gasteiger partial charge on any atom is -0.504 e. The van der Waals surface area contributed by atoms with Gasteiger partial charge in [-0.2, -0.15) is 0 Å². The van der Waals surface area contributed by atoms with E-state index < -0.39 is 23.1 Å². The molecule has 25 heavy (non-hydrogen) atoms. The highest BCUT2D eigenvalue weighted by Gasteiger charge is 2.15. The molecule has 0 radical (unpaired) electrons. The van der Waals surface area contributed by atoms with Crippen LogP contribution < -0.4 is 0 Å². The maximum absolute atomic E-state index is 12.1. The van der Waals surface area contributed by atoms with Crippen molar-refractivity contribution in [1.29, 1.82) is 0 Å². The second kappa shape index (κ2) is 7.22. The normalized spacial score (nSPS) is 11.6. The van der Waals surface area contributed by atoms with Crippen molar-refractivity contribution < 1.29 is 35.1 Å².